The van der Waals surface area contributed by atoms with Gasteiger partial charge in [-0.2, -0.15) is 18.2 Å². The van der Waals surface area contributed by atoms with Crippen LogP contribution in [0.1, 0.15) is 29.2 Å². The maximum atomic E-state index is 12.8. The van der Waals surface area contributed by atoms with Crippen LogP contribution in [0.4, 0.5) is 24.5 Å². The van der Waals surface area contributed by atoms with E-state index in [-0.39, 0.29) is 30.5 Å². The van der Waals surface area contributed by atoms with Crippen LogP contribution in [0.5, 0.6) is 0 Å². The summed E-state index contributed by atoms with van der Waals surface area (Å²) < 4.78 is 39.5. The van der Waals surface area contributed by atoms with Gasteiger partial charge in [0.25, 0.3) is 11.6 Å². The highest BCUT2D eigenvalue weighted by Gasteiger charge is 2.36. The Hall–Kier alpha value is -2.88. The number of benzene rings is 1. The van der Waals surface area contributed by atoms with Crippen molar-refractivity contribution in [3.05, 3.63) is 47.0 Å². The molecule has 3 N–H and O–H groups in total. The molecule has 0 saturated heterocycles. The summed E-state index contributed by atoms with van der Waals surface area (Å²) in [6.07, 6.45) is -4.24. The summed E-state index contributed by atoms with van der Waals surface area (Å²) in [5.74, 6) is -1.63. The molecule has 2 aromatic heterocycles. The third kappa shape index (κ3) is 4.33. The van der Waals surface area contributed by atoms with Gasteiger partial charge >= 0.3 is 6.18 Å². The van der Waals surface area contributed by atoms with E-state index in [0.717, 1.165) is 4.52 Å². The van der Waals surface area contributed by atoms with Gasteiger partial charge in [-0.05, 0) is 38.0 Å². The lowest BCUT2D eigenvalue weighted by atomic mass is 10.1. The standard InChI is InChI=1S/C17H17F3N6O.ClH/c1-9-11(7-8-14(27)23-13-6-4-3-5-12(13)21)10(2)26-16(22-9)24-15(25-26)17(18,19)20;/h3-6H,7-8,21H2,1-2H3,(H,23,27);1H. The van der Waals surface area contributed by atoms with E-state index in [1.54, 1.807) is 38.1 Å². The summed E-state index contributed by atoms with van der Waals surface area (Å²) >= 11 is 0. The Morgan fingerprint density at radius 2 is 1.89 bits per heavy atom. The highest BCUT2D eigenvalue weighted by Crippen LogP contribution is 2.27. The van der Waals surface area contributed by atoms with Crippen molar-refractivity contribution < 1.29 is 18.0 Å². The Kier molecular flexibility index (Phi) is 6.13. The van der Waals surface area contributed by atoms with E-state index in [2.05, 4.69) is 20.4 Å². The van der Waals surface area contributed by atoms with Gasteiger partial charge in [0.05, 0.1) is 11.4 Å². The maximum absolute atomic E-state index is 12.8. The molecule has 3 aromatic rings. The van der Waals surface area contributed by atoms with Gasteiger partial charge in [-0.15, -0.1) is 17.5 Å². The average Bonchev–Trinajstić information content (AvgIpc) is 3.01. The van der Waals surface area contributed by atoms with Crippen molar-refractivity contribution in [2.24, 2.45) is 0 Å². The van der Waals surface area contributed by atoms with Crippen LogP contribution in [0.2, 0.25) is 0 Å². The molecule has 0 aliphatic carbocycles. The van der Waals surface area contributed by atoms with Crippen LogP contribution < -0.4 is 11.1 Å². The molecular weight excluding hydrogens is 397 g/mol. The number of hydrogen-bond donors (Lipinski definition) is 2. The van der Waals surface area contributed by atoms with Gasteiger partial charge in [-0.1, -0.05) is 12.1 Å². The van der Waals surface area contributed by atoms with Crippen molar-refractivity contribution in [1.82, 2.24) is 19.6 Å². The minimum absolute atomic E-state index is 0. The van der Waals surface area contributed by atoms with E-state index < -0.39 is 12.0 Å². The highest BCUT2D eigenvalue weighted by molar-refractivity contribution is 5.93. The molecule has 150 valence electrons. The number of anilines is 2. The minimum Gasteiger partial charge on any atom is -0.397 e. The zero-order valence-corrected chi connectivity index (χ0v) is 15.9. The Morgan fingerprint density at radius 1 is 1.21 bits per heavy atom. The highest BCUT2D eigenvalue weighted by atomic mass is 35.5. The van der Waals surface area contributed by atoms with Crippen LogP contribution >= 0.6 is 12.4 Å². The number of alkyl halides is 3. The van der Waals surface area contributed by atoms with Crippen molar-refractivity contribution in [3.8, 4) is 0 Å². The van der Waals surface area contributed by atoms with Crippen LogP contribution in [0.15, 0.2) is 24.3 Å². The zero-order chi connectivity index (χ0) is 19.8. The number of para-hydroxylation sites is 2. The van der Waals surface area contributed by atoms with Crippen LogP contribution in [-0.2, 0) is 17.4 Å². The molecule has 0 aliphatic rings. The van der Waals surface area contributed by atoms with E-state index in [1.165, 1.54) is 0 Å². The molecule has 0 unspecified atom stereocenters. The predicted molar refractivity (Wildman–Crippen MR) is 100 cm³/mol. The summed E-state index contributed by atoms with van der Waals surface area (Å²) in [6, 6.07) is 6.86. The van der Waals surface area contributed by atoms with Crippen LogP contribution in [0.25, 0.3) is 5.78 Å². The lowest BCUT2D eigenvalue weighted by molar-refractivity contribution is -0.144. The van der Waals surface area contributed by atoms with Gasteiger partial charge in [-0.25, -0.2) is 9.50 Å². The molecule has 0 spiro atoms. The molecule has 0 atom stereocenters. The fraction of sp³-hybridized carbons (Fsp3) is 0.294. The van der Waals surface area contributed by atoms with Crippen molar-refractivity contribution in [3.63, 3.8) is 0 Å². The van der Waals surface area contributed by atoms with E-state index >= 15 is 0 Å². The number of amides is 1. The molecule has 1 amide bonds. The molecule has 1 aromatic carbocycles. The lowest BCUT2D eigenvalue weighted by Crippen LogP contribution is -2.15. The molecule has 0 saturated carbocycles. The average molecular weight is 415 g/mol. The van der Waals surface area contributed by atoms with E-state index in [1.807, 2.05) is 0 Å². The minimum atomic E-state index is -4.65. The molecule has 0 aliphatic heterocycles. The van der Waals surface area contributed by atoms with Gasteiger partial charge in [0, 0.05) is 17.8 Å². The molecule has 7 nitrogen and oxygen atoms in total. The van der Waals surface area contributed by atoms with Gasteiger partial charge in [0.1, 0.15) is 0 Å². The molecule has 0 radical (unpaired) electrons. The molecule has 28 heavy (non-hydrogen) atoms. The first-order chi connectivity index (χ1) is 12.7. The number of aromatic nitrogens is 4. The summed E-state index contributed by atoms with van der Waals surface area (Å²) in [7, 11) is 0. The quantitative estimate of drug-likeness (QED) is 0.638. The largest absolute Gasteiger partial charge is 0.453 e. The predicted octanol–water partition coefficient (Wildman–Crippen LogP) is 3.34. The third-order valence-electron chi connectivity index (χ3n) is 4.14. The second-order valence-corrected chi connectivity index (χ2v) is 6.04. The normalized spacial score (nSPS) is 11.3. The molecule has 2 heterocycles. The number of nitrogen functional groups attached to an aromatic ring is 1. The van der Waals surface area contributed by atoms with E-state index in [0.29, 0.717) is 34.7 Å². The van der Waals surface area contributed by atoms with E-state index in [4.69, 9.17) is 5.73 Å². The Morgan fingerprint density at radius 3 is 2.54 bits per heavy atom. The third-order valence-corrected chi connectivity index (χ3v) is 4.14. The first-order valence-corrected chi connectivity index (χ1v) is 8.11. The molecule has 3 rings (SSSR count). The number of nitrogens with two attached hydrogens (primary N) is 1. The van der Waals surface area contributed by atoms with Gasteiger partial charge in [0.15, 0.2) is 0 Å². The van der Waals surface area contributed by atoms with Gasteiger partial charge in [-0.3, -0.25) is 4.79 Å². The first-order valence-electron chi connectivity index (χ1n) is 8.11. The molecule has 11 heteroatoms. The summed E-state index contributed by atoms with van der Waals surface area (Å²) in [5, 5.41) is 6.21. The van der Waals surface area contributed by atoms with Crippen LogP contribution in [0, 0.1) is 13.8 Å². The lowest BCUT2D eigenvalue weighted by Gasteiger charge is -2.11. The Balaban J connectivity index is 0.00000280. The molecule has 0 bridgehead atoms. The van der Waals surface area contributed by atoms with Gasteiger partial charge < -0.3 is 11.1 Å². The molecular formula is C17H18ClF3N6O. The topological polar surface area (TPSA) is 98.2 Å². The summed E-state index contributed by atoms with van der Waals surface area (Å²) in [5.41, 5.74) is 8.37. The number of nitrogens with zero attached hydrogens (tertiary/aromatic N) is 4. The van der Waals surface area contributed by atoms with Crippen molar-refractivity contribution in [1.29, 1.82) is 0 Å². The maximum Gasteiger partial charge on any atom is 0.453 e. The Bertz CT molecular complexity index is 1020. The van der Waals surface area contributed by atoms with Crippen molar-refractivity contribution >= 4 is 35.5 Å². The summed E-state index contributed by atoms with van der Waals surface area (Å²) in [4.78, 5) is 19.7. The number of carbonyl (C=O) groups is 1. The number of nitrogens with one attached hydrogen (secondary N) is 1. The van der Waals surface area contributed by atoms with Crippen LogP contribution in [0.3, 0.4) is 0 Å². The fourth-order valence-corrected chi connectivity index (χ4v) is 2.75. The van der Waals surface area contributed by atoms with Crippen molar-refractivity contribution in [2.45, 2.75) is 32.9 Å². The monoisotopic (exact) mass is 414 g/mol. The molecule has 0 fully saturated rings. The Labute approximate surface area is 164 Å². The van der Waals surface area contributed by atoms with Crippen molar-refractivity contribution in [2.75, 3.05) is 11.1 Å². The zero-order valence-electron chi connectivity index (χ0n) is 15.0. The first kappa shape index (κ1) is 21.4. The number of carbonyl (C=O) groups excluding carboxylic acids is 1. The number of rotatable bonds is 4. The number of aryl methyl sites for hydroxylation is 2. The fourth-order valence-electron chi connectivity index (χ4n) is 2.75. The SMILES string of the molecule is Cc1nc2nc(C(F)(F)F)nn2c(C)c1CCC(=O)Nc1ccccc1N.Cl. The second-order valence-electron chi connectivity index (χ2n) is 6.04. The number of hydrogen-bond acceptors (Lipinski definition) is 5. The number of fused-ring (bicyclic) bond motifs is 1. The van der Waals surface area contributed by atoms with E-state index in [9.17, 15) is 18.0 Å². The smallest absolute Gasteiger partial charge is 0.397 e. The van der Waals surface area contributed by atoms with Gasteiger partial charge in [0.2, 0.25) is 5.91 Å². The summed E-state index contributed by atoms with van der Waals surface area (Å²) in [6.45, 7) is 3.29. The second kappa shape index (κ2) is 8.01. The number of halogens is 4. The van der Waals surface area contributed by atoms with Crippen LogP contribution in [-0.4, -0.2) is 25.5 Å².